The van der Waals surface area contributed by atoms with Gasteiger partial charge in [0.2, 0.25) is 5.56 Å². The van der Waals surface area contributed by atoms with E-state index in [0.29, 0.717) is 10.1 Å². The van der Waals surface area contributed by atoms with Gasteiger partial charge in [0.25, 0.3) is 0 Å². The summed E-state index contributed by atoms with van der Waals surface area (Å²) in [6.45, 7) is 2.17. The Morgan fingerprint density at radius 2 is 2.16 bits per heavy atom. The summed E-state index contributed by atoms with van der Waals surface area (Å²) in [5.74, 6) is -0.775. The zero-order chi connectivity index (χ0) is 13.3. The van der Waals surface area contributed by atoms with E-state index < -0.39 is 5.82 Å². The first kappa shape index (κ1) is 16.8. The molecule has 6 heteroatoms. The summed E-state index contributed by atoms with van der Waals surface area (Å²) in [4.78, 5) is 11.9. The van der Waals surface area contributed by atoms with E-state index in [2.05, 4.69) is 6.07 Å². The van der Waals surface area contributed by atoms with Crippen LogP contribution in [-0.4, -0.2) is 9.67 Å². The van der Waals surface area contributed by atoms with Crippen LogP contribution in [0.3, 0.4) is 0 Å². The van der Waals surface area contributed by atoms with E-state index in [9.17, 15) is 14.3 Å². The van der Waals surface area contributed by atoms with Crippen LogP contribution in [0.15, 0.2) is 29.1 Å². The largest absolute Gasteiger partial charge is 0.520 e. The van der Waals surface area contributed by atoms with Crippen LogP contribution in [0.2, 0.25) is 0 Å². The molecule has 1 radical (unpaired) electrons. The number of hydrogen-bond donors (Lipinski definition) is 1. The van der Waals surface area contributed by atoms with Crippen LogP contribution < -0.4 is 5.56 Å². The zero-order valence-corrected chi connectivity index (χ0v) is 15.1. The Labute approximate surface area is 148 Å². The van der Waals surface area contributed by atoms with Gasteiger partial charge in [-0.3, -0.25) is 4.79 Å². The number of hydrogen-bond acceptors (Lipinski definition) is 2. The van der Waals surface area contributed by atoms with Crippen LogP contribution in [0.5, 0.6) is 5.75 Å². The number of phenolic OH excluding ortho intramolecular Hbond substituents is 1. The van der Waals surface area contributed by atoms with Crippen molar-refractivity contribution in [2.75, 3.05) is 0 Å². The van der Waals surface area contributed by atoms with Crippen molar-refractivity contribution in [3.8, 4) is 17.0 Å². The summed E-state index contributed by atoms with van der Waals surface area (Å²) in [6.07, 6.45) is 0. The second-order valence-corrected chi connectivity index (χ2v) is 4.83. The van der Waals surface area contributed by atoms with Gasteiger partial charge in [0.05, 0.1) is 11.6 Å². The molecule has 0 atom stereocenters. The number of rotatable bonds is 2. The molecule has 0 amide bonds. The summed E-state index contributed by atoms with van der Waals surface area (Å²) < 4.78 is 15.7. The molecule has 0 saturated heterocycles. The fourth-order valence-corrected chi connectivity index (χ4v) is 2.20. The zero-order valence-electron chi connectivity index (χ0n) is 10.2. The van der Waals surface area contributed by atoms with Crippen molar-refractivity contribution in [3.63, 3.8) is 0 Å². The first-order valence-electron chi connectivity index (χ1n) is 5.35. The van der Waals surface area contributed by atoms with Gasteiger partial charge in [-0.15, -0.1) is 22.6 Å². The molecule has 1 aromatic carbocycles. The molecule has 19 heavy (non-hydrogen) atoms. The molecular formula is C13H10FINO2Y-. The first-order chi connectivity index (χ1) is 8.56. The summed E-state index contributed by atoms with van der Waals surface area (Å²) in [5, 5.41) is 9.75. The minimum absolute atomic E-state index is 0. The van der Waals surface area contributed by atoms with Crippen molar-refractivity contribution in [2.45, 2.75) is 13.5 Å². The van der Waals surface area contributed by atoms with E-state index in [1.807, 2.05) is 22.6 Å². The molecule has 1 aromatic heterocycles. The molecule has 0 saturated carbocycles. The number of pyridine rings is 1. The van der Waals surface area contributed by atoms with E-state index in [-0.39, 0.29) is 55.3 Å². The van der Waals surface area contributed by atoms with Gasteiger partial charge in [0.15, 0.2) is 0 Å². The summed E-state index contributed by atoms with van der Waals surface area (Å²) >= 11 is 1.91. The van der Waals surface area contributed by atoms with Crippen LogP contribution in [0, 0.1) is 15.5 Å². The van der Waals surface area contributed by atoms with Gasteiger partial charge in [-0.2, -0.15) is 12.1 Å². The maximum Gasteiger partial charge on any atom is 0.207 e. The Morgan fingerprint density at radius 1 is 1.47 bits per heavy atom. The number of halogens is 2. The van der Waals surface area contributed by atoms with E-state index in [4.69, 9.17) is 0 Å². The molecule has 0 unspecified atom stereocenters. The average molecular weight is 447 g/mol. The van der Waals surface area contributed by atoms with Crippen molar-refractivity contribution < 1.29 is 42.2 Å². The molecule has 1 N–H and O–H groups in total. The fourth-order valence-electron chi connectivity index (χ4n) is 1.76. The number of aromatic nitrogens is 1. The summed E-state index contributed by atoms with van der Waals surface area (Å²) in [7, 11) is 0. The second-order valence-electron chi connectivity index (χ2n) is 3.67. The third-order valence-corrected chi connectivity index (χ3v) is 3.37. The maximum absolute atomic E-state index is 13.8. The standard InChI is InChI=1S/C13H10FINO2.Y/c1-2-16-10(7-6-9(15)13(16)18)12-8(14)4-3-5-11(12)17;/h3-6,17H,2H2,1H3;/q-1;. The molecule has 0 aliphatic carbocycles. The van der Waals surface area contributed by atoms with Crippen molar-refractivity contribution in [3.05, 3.63) is 50.1 Å². The maximum atomic E-state index is 13.8. The second kappa shape index (κ2) is 6.95. The number of aromatic hydroxyl groups is 1. The van der Waals surface area contributed by atoms with Gasteiger partial charge in [0, 0.05) is 39.3 Å². The van der Waals surface area contributed by atoms with Crippen molar-refractivity contribution >= 4 is 22.6 Å². The van der Waals surface area contributed by atoms with Gasteiger partial charge < -0.3 is 9.67 Å². The van der Waals surface area contributed by atoms with Crippen LogP contribution in [0.1, 0.15) is 6.92 Å². The molecule has 0 spiro atoms. The van der Waals surface area contributed by atoms with Gasteiger partial charge in [-0.1, -0.05) is 11.8 Å². The average Bonchev–Trinajstić information content (AvgIpc) is 2.33. The van der Waals surface area contributed by atoms with Gasteiger partial charge in [-0.25, -0.2) is 4.39 Å². The van der Waals surface area contributed by atoms with Crippen LogP contribution in [0.4, 0.5) is 4.39 Å². The normalized spacial score (nSPS) is 10.1. The van der Waals surface area contributed by atoms with Crippen molar-refractivity contribution in [1.29, 1.82) is 0 Å². The van der Waals surface area contributed by atoms with E-state index in [1.165, 1.54) is 28.8 Å². The topological polar surface area (TPSA) is 42.2 Å². The number of phenols is 1. The quantitative estimate of drug-likeness (QED) is 0.569. The van der Waals surface area contributed by atoms with Crippen molar-refractivity contribution in [1.82, 2.24) is 4.57 Å². The molecule has 2 rings (SSSR count). The van der Waals surface area contributed by atoms with Crippen LogP contribution in [-0.2, 0) is 39.3 Å². The first-order valence-corrected chi connectivity index (χ1v) is 6.43. The molecule has 2 aromatic rings. The SMILES string of the molecule is CCn1c(-c2c(O)cccc2F)[c-]cc(I)c1=O.[Y]. The van der Waals surface area contributed by atoms with Gasteiger partial charge in [-0.05, 0) is 28.2 Å². The molecule has 3 nitrogen and oxygen atoms in total. The van der Waals surface area contributed by atoms with Crippen molar-refractivity contribution in [2.24, 2.45) is 0 Å². The number of nitrogens with zero attached hydrogens (tertiary/aromatic N) is 1. The Kier molecular flexibility index (Phi) is 6.14. The molecule has 97 valence electrons. The third-order valence-electron chi connectivity index (χ3n) is 2.60. The fraction of sp³-hybridized carbons (Fsp3) is 0.154. The number of benzene rings is 1. The van der Waals surface area contributed by atoms with E-state index in [0.717, 1.165) is 0 Å². The monoisotopic (exact) mass is 447 g/mol. The summed E-state index contributed by atoms with van der Waals surface area (Å²) in [5.41, 5.74) is 0.0564. The predicted octanol–water partition coefficient (Wildman–Crippen LogP) is 2.78. The molecule has 0 aliphatic rings. The van der Waals surface area contributed by atoms with Gasteiger partial charge in [0.1, 0.15) is 0 Å². The van der Waals surface area contributed by atoms with Crippen LogP contribution >= 0.6 is 22.6 Å². The van der Waals surface area contributed by atoms with Crippen LogP contribution in [0.25, 0.3) is 11.3 Å². The molecular weight excluding hydrogens is 437 g/mol. The Balaban J connectivity index is 0.00000180. The third kappa shape index (κ3) is 3.25. The molecule has 0 bridgehead atoms. The molecule has 0 fully saturated rings. The van der Waals surface area contributed by atoms with Gasteiger partial charge >= 0.3 is 0 Å². The minimum atomic E-state index is -0.575. The van der Waals surface area contributed by atoms with E-state index >= 15 is 0 Å². The Morgan fingerprint density at radius 3 is 2.74 bits per heavy atom. The molecule has 1 heterocycles. The Hall–Kier alpha value is -0.266. The Bertz CT molecular complexity index is 637. The van der Waals surface area contributed by atoms with E-state index in [1.54, 1.807) is 6.92 Å². The smallest absolute Gasteiger partial charge is 0.207 e. The predicted molar refractivity (Wildman–Crippen MR) is 75.0 cm³/mol. The molecule has 0 aliphatic heterocycles. The minimum Gasteiger partial charge on any atom is -0.520 e. The summed E-state index contributed by atoms with van der Waals surface area (Å²) in [6, 6.07) is 8.38.